The summed E-state index contributed by atoms with van der Waals surface area (Å²) in [5.74, 6) is -0.121. The maximum absolute atomic E-state index is 13.6. The normalized spacial score (nSPS) is 18.3. The fourth-order valence-corrected chi connectivity index (χ4v) is 9.43. The van der Waals surface area contributed by atoms with Gasteiger partial charge in [0.1, 0.15) is 0 Å². The van der Waals surface area contributed by atoms with Crippen molar-refractivity contribution in [3.8, 4) is 0 Å². The Labute approximate surface area is 375 Å². The molecule has 0 radical (unpaired) electrons. The molecule has 4 aromatic rings. The van der Waals surface area contributed by atoms with Crippen LogP contribution in [0, 0.1) is 13.8 Å². The van der Waals surface area contributed by atoms with Crippen molar-refractivity contribution in [2.24, 2.45) is 0 Å². The minimum absolute atomic E-state index is 0.0941. The van der Waals surface area contributed by atoms with E-state index in [-0.39, 0.29) is 35.7 Å². The number of hydrogen-bond donors (Lipinski definition) is 3. The first-order valence-electron chi connectivity index (χ1n) is 23.2. The molecule has 2 atom stereocenters. The van der Waals surface area contributed by atoms with Crippen molar-refractivity contribution in [2.45, 2.75) is 96.7 Å². The van der Waals surface area contributed by atoms with E-state index in [0.29, 0.717) is 24.2 Å². The molecule has 4 heterocycles. The van der Waals surface area contributed by atoms with Crippen LogP contribution in [0.15, 0.2) is 60.7 Å². The number of anilines is 3. The van der Waals surface area contributed by atoms with E-state index in [1.807, 2.05) is 43.0 Å². The number of piperidine rings is 1. The van der Waals surface area contributed by atoms with E-state index in [4.69, 9.17) is 0 Å². The molecule has 0 spiro atoms. The quantitative estimate of drug-likeness (QED) is 0.0668. The first-order valence-corrected chi connectivity index (χ1v) is 23.2. The van der Waals surface area contributed by atoms with E-state index in [0.717, 1.165) is 105 Å². The number of hydrogen-bond acceptors (Lipinski definition) is 10. The van der Waals surface area contributed by atoms with Gasteiger partial charge in [0, 0.05) is 80.9 Å². The van der Waals surface area contributed by atoms with Gasteiger partial charge in [-0.25, -0.2) is 0 Å². The molecule has 3 N–H and O–H groups in total. The van der Waals surface area contributed by atoms with Crippen LogP contribution in [0.25, 0.3) is 10.8 Å². The number of halogens is 3. The number of rotatable bonds is 18. The smallest absolute Gasteiger partial charge is 0.376 e. The molecule has 0 bridgehead atoms. The number of benzene rings is 3. The molecule has 1 aromatic heterocycles. The standard InChI is InChI=1S/C49H64F3N9O3/c1-34-40(12-11-13-44(34)49(50,51)52)35(2)54-47-43-32-39(18-19-41(43)36(3)56-57-47)60-28-24-58(25-29-60)22-9-7-5-4-6-8-10-23-59-26-30-61(31-27-59)46(63)33-53-38-16-14-37(15-17-38)42-20-21-45(62)55-48(42)64/h11-19,32,35,42,53H,4-10,20-31,33H2,1-3H3,(H,54,57)(H,55,62,64)/t35-,42?/m1/s1. The van der Waals surface area contributed by atoms with E-state index in [9.17, 15) is 27.6 Å². The number of aryl methyl sites for hydroxylation is 1. The Morgan fingerprint density at radius 3 is 2.08 bits per heavy atom. The van der Waals surface area contributed by atoms with Crippen LogP contribution in [-0.2, 0) is 20.6 Å². The fourth-order valence-electron chi connectivity index (χ4n) is 9.43. The van der Waals surface area contributed by atoms with Crippen LogP contribution in [0.3, 0.4) is 0 Å². The molecule has 3 aromatic carbocycles. The van der Waals surface area contributed by atoms with Crippen molar-refractivity contribution in [3.63, 3.8) is 0 Å². The van der Waals surface area contributed by atoms with Gasteiger partial charge in [-0.1, -0.05) is 62.4 Å². The average molecular weight is 884 g/mol. The Balaban J connectivity index is 0.737. The zero-order chi connectivity index (χ0) is 45.2. The fraction of sp³-hybridized carbons (Fsp3) is 0.531. The maximum Gasteiger partial charge on any atom is 0.416 e. The number of nitrogens with zero attached hydrogens (tertiary/aromatic N) is 6. The molecule has 344 valence electrons. The number of carbonyl (C=O) groups excluding carboxylic acids is 3. The summed E-state index contributed by atoms with van der Waals surface area (Å²) < 4.78 is 40.9. The van der Waals surface area contributed by atoms with Gasteiger partial charge in [0.15, 0.2) is 5.82 Å². The molecule has 7 rings (SSSR count). The average Bonchev–Trinajstić information content (AvgIpc) is 3.29. The molecular formula is C49H64F3N9O3. The summed E-state index contributed by atoms with van der Waals surface area (Å²) in [5.41, 5.74) is 3.80. The number of nitrogens with one attached hydrogen (secondary N) is 3. The lowest BCUT2D eigenvalue weighted by Crippen LogP contribution is -2.50. The molecule has 3 aliphatic rings. The van der Waals surface area contributed by atoms with Crippen LogP contribution in [0.1, 0.15) is 105 Å². The lowest BCUT2D eigenvalue weighted by atomic mass is 9.90. The number of piperazine rings is 2. The third-order valence-corrected chi connectivity index (χ3v) is 13.4. The SMILES string of the molecule is Cc1c([C@@H](C)Nc2nnc(C)c3ccc(N4CCN(CCCCCCCCCN5CCN(C(=O)CNc6ccc(C7CCC(=O)NC7=O)cc6)CC5)CC4)cc23)cccc1C(F)(F)F. The van der Waals surface area contributed by atoms with Gasteiger partial charge in [0.25, 0.3) is 0 Å². The minimum atomic E-state index is -4.41. The van der Waals surface area contributed by atoms with Gasteiger partial charge in [-0.3, -0.25) is 29.5 Å². The summed E-state index contributed by atoms with van der Waals surface area (Å²) in [5, 5.41) is 19.7. The Morgan fingerprint density at radius 1 is 0.797 bits per heavy atom. The third kappa shape index (κ3) is 12.1. The van der Waals surface area contributed by atoms with Crippen molar-refractivity contribution in [2.75, 3.05) is 87.5 Å². The van der Waals surface area contributed by atoms with Crippen molar-refractivity contribution < 1.29 is 27.6 Å². The summed E-state index contributed by atoms with van der Waals surface area (Å²) >= 11 is 0. The minimum Gasteiger partial charge on any atom is -0.376 e. The number of amides is 3. The largest absolute Gasteiger partial charge is 0.416 e. The predicted molar refractivity (Wildman–Crippen MR) is 247 cm³/mol. The van der Waals surface area contributed by atoms with Crippen LogP contribution >= 0.6 is 0 Å². The second-order valence-electron chi connectivity index (χ2n) is 17.8. The van der Waals surface area contributed by atoms with Crippen LogP contribution in [0.2, 0.25) is 0 Å². The number of fused-ring (bicyclic) bond motifs is 1. The van der Waals surface area contributed by atoms with E-state index >= 15 is 0 Å². The Kier molecular flexibility index (Phi) is 15.8. The lowest BCUT2D eigenvalue weighted by Gasteiger charge is -2.36. The highest BCUT2D eigenvalue weighted by Gasteiger charge is 2.33. The zero-order valence-electron chi connectivity index (χ0n) is 37.6. The predicted octanol–water partition coefficient (Wildman–Crippen LogP) is 8.07. The molecule has 64 heavy (non-hydrogen) atoms. The number of imide groups is 1. The second kappa shape index (κ2) is 21.6. The summed E-state index contributed by atoms with van der Waals surface area (Å²) in [6, 6.07) is 17.8. The van der Waals surface area contributed by atoms with Crippen molar-refractivity contribution >= 4 is 45.7 Å². The highest BCUT2D eigenvalue weighted by molar-refractivity contribution is 6.01. The summed E-state index contributed by atoms with van der Waals surface area (Å²) in [4.78, 5) is 45.9. The molecule has 1 unspecified atom stereocenters. The first-order chi connectivity index (χ1) is 30.8. The van der Waals surface area contributed by atoms with Crippen LogP contribution in [0.4, 0.5) is 30.4 Å². The summed E-state index contributed by atoms with van der Waals surface area (Å²) in [6.45, 7) is 14.9. The molecule has 0 aliphatic carbocycles. The van der Waals surface area contributed by atoms with E-state index in [1.165, 1.54) is 57.9 Å². The van der Waals surface area contributed by atoms with E-state index in [2.05, 4.69) is 59.0 Å². The van der Waals surface area contributed by atoms with Gasteiger partial charge in [0.2, 0.25) is 17.7 Å². The van der Waals surface area contributed by atoms with Crippen molar-refractivity contribution in [3.05, 3.63) is 88.6 Å². The maximum atomic E-state index is 13.6. The zero-order valence-corrected chi connectivity index (χ0v) is 37.6. The second-order valence-corrected chi connectivity index (χ2v) is 17.8. The highest BCUT2D eigenvalue weighted by atomic mass is 19.4. The highest BCUT2D eigenvalue weighted by Crippen LogP contribution is 2.36. The molecule has 3 amide bonds. The molecule has 3 saturated heterocycles. The van der Waals surface area contributed by atoms with Crippen LogP contribution in [-0.4, -0.2) is 115 Å². The van der Waals surface area contributed by atoms with E-state index in [1.54, 1.807) is 6.07 Å². The number of carbonyl (C=O) groups is 3. The van der Waals surface area contributed by atoms with Gasteiger partial charge in [-0.2, -0.15) is 18.3 Å². The van der Waals surface area contributed by atoms with Crippen molar-refractivity contribution in [1.82, 2.24) is 30.2 Å². The molecule has 12 nitrogen and oxygen atoms in total. The topological polar surface area (TPSA) is 126 Å². The Morgan fingerprint density at radius 2 is 1.44 bits per heavy atom. The number of aromatic nitrogens is 2. The third-order valence-electron chi connectivity index (χ3n) is 13.4. The van der Waals surface area contributed by atoms with Gasteiger partial charge in [-0.15, -0.1) is 5.10 Å². The summed E-state index contributed by atoms with van der Waals surface area (Å²) in [7, 11) is 0. The summed E-state index contributed by atoms with van der Waals surface area (Å²) in [6.07, 6.45) is 5.13. The van der Waals surface area contributed by atoms with Gasteiger partial charge < -0.3 is 20.4 Å². The number of alkyl halides is 3. The molecule has 0 saturated carbocycles. The molecular weight excluding hydrogens is 820 g/mol. The monoisotopic (exact) mass is 884 g/mol. The van der Waals surface area contributed by atoms with Gasteiger partial charge in [-0.05, 0) is 100 Å². The first kappa shape index (κ1) is 46.7. The number of unbranched alkanes of at least 4 members (excludes halogenated alkanes) is 6. The molecule has 3 aliphatic heterocycles. The van der Waals surface area contributed by atoms with E-state index < -0.39 is 17.8 Å². The Hall–Kier alpha value is -5.28. The molecule has 15 heteroatoms. The Bertz CT molecular complexity index is 2220. The van der Waals surface area contributed by atoms with Gasteiger partial charge in [0.05, 0.1) is 29.8 Å². The van der Waals surface area contributed by atoms with Crippen LogP contribution in [0.5, 0.6) is 0 Å². The lowest BCUT2D eigenvalue weighted by molar-refractivity contribution is -0.138. The van der Waals surface area contributed by atoms with Gasteiger partial charge >= 0.3 is 6.18 Å². The van der Waals surface area contributed by atoms with Crippen LogP contribution < -0.4 is 20.9 Å². The molecule has 3 fully saturated rings. The van der Waals surface area contributed by atoms with Crippen molar-refractivity contribution in [1.29, 1.82) is 0 Å².